The third kappa shape index (κ3) is 6.10. The first kappa shape index (κ1) is 44.8. The molecule has 0 bridgehead atoms. The summed E-state index contributed by atoms with van der Waals surface area (Å²) in [6.07, 6.45) is -47.7. The Labute approximate surface area is 240 Å². The molecule has 0 spiro atoms. The van der Waals surface area contributed by atoms with Crippen LogP contribution in [0.25, 0.3) is 0 Å². The average molecular weight is 780 g/mol. The summed E-state index contributed by atoms with van der Waals surface area (Å²) in [5, 5.41) is 8.25. The zero-order valence-corrected chi connectivity index (χ0v) is 20.5. The predicted molar refractivity (Wildman–Crippen MR) is 87.6 cm³/mol. The van der Waals surface area contributed by atoms with Crippen LogP contribution in [0.5, 0.6) is 0 Å². The Kier molecular flexibility index (Phi) is 10.7. The summed E-state index contributed by atoms with van der Waals surface area (Å²) < 4.78 is 347. The van der Waals surface area contributed by atoms with Gasteiger partial charge < -0.3 is 5.11 Å². The summed E-state index contributed by atoms with van der Waals surface area (Å²) in [7, 11) is 0. The lowest BCUT2D eigenvalue weighted by atomic mass is 9.74. The third-order valence-electron chi connectivity index (χ3n) is 5.48. The van der Waals surface area contributed by atoms with E-state index in [0.29, 0.717) is 0 Å². The molecule has 0 fully saturated rings. The maximum Gasteiger partial charge on any atom is 0.456 e. The van der Waals surface area contributed by atoms with Crippen LogP contribution in [0.3, 0.4) is 0 Å². The lowest BCUT2D eigenvalue weighted by Crippen LogP contribution is -2.78. The van der Waals surface area contributed by atoms with Crippen molar-refractivity contribution in [3.8, 4) is 0 Å². The summed E-state index contributed by atoms with van der Waals surface area (Å²) in [6, 6.07) is 0. The molecule has 0 radical (unpaired) electrons. The quantitative estimate of drug-likeness (QED) is 0.256. The van der Waals surface area contributed by atoms with E-state index in [0.717, 1.165) is 0 Å². The van der Waals surface area contributed by atoms with Crippen molar-refractivity contribution in [2.45, 2.75) is 77.7 Å². The van der Waals surface area contributed by atoms with E-state index in [1.54, 1.807) is 0 Å². The Morgan fingerprint density at radius 2 is 0.562 bits per heavy atom. The molecule has 5 nitrogen and oxygen atoms in total. The van der Waals surface area contributed by atoms with Gasteiger partial charge in [-0.3, -0.25) is 19.2 Å². The van der Waals surface area contributed by atoms with Crippen LogP contribution >= 0.6 is 0 Å². The Bertz CT molecular complexity index is 1300. The highest BCUT2D eigenvalue weighted by molar-refractivity contribution is 6.11. The van der Waals surface area contributed by atoms with Gasteiger partial charge in [-0.05, 0) is 0 Å². The van der Waals surface area contributed by atoms with Crippen LogP contribution in [-0.4, -0.2) is 106 Å². The Balaban J connectivity index is 8.20. The van der Waals surface area contributed by atoms with E-state index < -0.39 is 101 Å². The highest BCUT2D eigenvalue weighted by Crippen LogP contribution is 2.59. The lowest BCUT2D eigenvalue weighted by molar-refractivity contribution is -0.326. The number of halogens is 26. The van der Waals surface area contributed by atoms with Gasteiger partial charge in [0.25, 0.3) is 17.3 Å². The first-order chi connectivity index (χ1) is 20.3. The minimum absolute atomic E-state index is 5.71. The minimum Gasteiger partial charge on any atom is -0.378 e. The second-order valence-corrected chi connectivity index (χ2v) is 8.57. The summed E-state index contributed by atoms with van der Waals surface area (Å²) in [5.41, 5.74) is -27.5. The van der Waals surface area contributed by atoms with E-state index in [9.17, 15) is 133 Å². The number of aliphatic hydroxyl groups is 1. The number of hydrogen-bond acceptors (Lipinski definition) is 5. The second kappa shape index (κ2) is 11.4. The van der Waals surface area contributed by atoms with Crippen molar-refractivity contribution in [2.24, 2.45) is 0 Å². The van der Waals surface area contributed by atoms with Crippen LogP contribution in [0.2, 0.25) is 0 Å². The molecule has 0 aliphatic heterocycles. The van der Waals surface area contributed by atoms with Crippen LogP contribution in [0.1, 0.15) is 0 Å². The molecule has 4 unspecified atom stereocenters. The number of Topliss-reactive ketones (excluding diaryl/α,β-unsaturated/α-hetero) is 4. The fourth-order valence-electron chi connectivity index (χ4n) is 2.99. The molecule has 0 aliphatic rings. The van der Waals surface area contributed by atoms with Gasteiger partial charge in [-0.25, -0.2) is 13.2 Å². The van der Waals surface area contributed by atoms with Crippen molar-refractivity contribution >= 4 is 23.1 Å². The molecular weight excluding hydrogens is 778 g/mol. The number of ketones is 4. The normalized spacial score (nSPS) is 19.5. The molecule has 0 saturated carbocycles. The topological polar surface area (TPSA) is 88.5 Å². The van der Waals surface area contributed by atoms with Gasteiger partial charge in [0.05, 0.1) is 0 Å². The monoisotopic (exact) mass is 780 g/mol. The van der Waals surface area contributed by atoms with E-state index in [1.165, 1.54) is 0 Å². The summed E-state index contributed by atoms with van der Waals surface area (Å²) in [4.78, 5) is 44.9. The smallest absolute Gasteiger partial charge is 0.378 e. The van der Waals surface area contributed by atoms with Gasteiger partial charge in [0, 0.05) is 0 Å². The highest BCUT2D eigenvalue weighted by atomic mass is 19.4. The van der Waals surface area contributed by atoms with Crippen LogP contribution in [0.4, 0.5) is 114 Å². The minimum atomic E-state index is -9.44. The Morgan fingerprint density at radius 1 is 0.354 bits per heavy atom. The SMILES string of the molecule is O=C(C(F)(F)F)C(F)(F)C(F)(C(=O)C(F)(F)C(F)(C(=O)C(F)(F)C(F)(C(=O)C(F)(F)C(O)C(F)(F)F)C(F)(F)F)C(F)(F)F)C(F)(F)F. The molecule has 4 atom stereocenters. The molecule has 0 aliphatic carbocycles. The van der Waals surface area contributed by atoms with Gasteiger partial charge in [-0.1, -0.05) is 0 Å². The summed E-state index contributed by atoms with van der Waals surface area (Å²) in [5.74, 6) is -60.4. The fraction of sp³-hybridized carbons (Fsp3) is 0.765. The van der Waals surface area contributed by atoms with E-state index in [2.05, 4.69) is 0 Å². The van der Waals surface area contributed by atoms with Gasteiger partial charge in [0.2, 0.25) is 6.10 Å². The van der Waals surface area contributed by atoms with Gasteiger partial charge in [0.15, 0.2) is 0 Å². The predicted octanol–water partition coefficient (Wildman–Crippen LogP) is 6.10. The van der Waals surface area contributed by atoms with Crippen molar-refractivity contribution in [3.05, 3.63) is 0 Å². The fourth-order valence-corrected chi connectivity index (χ4v) is 2.99. The van der Waals surface area contributed by atoms with Crippen LogP contribution in [0, 0.1) is 0 Å². The van der Waals surface area contributed by atoms with Crippen molar-refractivity contribution in [1.29, 1.82) is 0 Å². The van der Waals surface area contributed by atoms with E-state index in [1.807, 2.05) is 0 Å². The third-order valence-corrected chi connectivity index (χ3v) is 5.48. The number of rotatable bonds is 11. The Hall–Kier alpha value is -3.18. The number of aliphatic hydroxyl groups excluding tert-OH is 1. The van der Waals surface area contributed by atoms with Gasteiger partial charge in [0.1, 0.15) is 0 Å². The molecule has 0 heterocycles. The molecule has 1 N–H and O–H groups in total. The molecule has 0 aromatic carbocycles. The van der Waals surface area contributed by atoms with Gasteiger partial charge in [-0.2, -0.15) is 101 Å². The molecule has 282 valence electrons. The van der Waals surface area contributed by atoms with Crippen molar-refractivity contribution in [1.82, 2.24) is 0 Å². The average Bonchev–Trinajstić information content (AvgIpc) is 2.85. The maximum atomic E-state index is 14.7. The largest absolute Gasteiger partial charge is 0.456 e. The van der Waals surface area contributed by atoms with Gasteiger partial charge in [-0.15, -0.1) is 0 Å². The van der Waals surface area contributed by atoms with E-state index in [-0.39, 0.29) is 0 Å². The van der Waals surface area contributed by atoms with E-state index >= 15 is 0 Å². The molecule has 0 aromatic rings. The summed E-state index contributed by atoms with van der Waals surface area (Å²) in [6.45, 7) is 0. The highest BCUT2D eigenvalue weighted by Gasteiger charge is 2.94. The molecule has 0 rings (SSSR count). The standard InChI is InChI=1S/C17H2F26O5/c18-6(19,2(45)13(29,30)31)1(44)7(20,15(35,36)37)10(23,24)3(46)8(21,16(38,39)40)11(25,26)4(47)9(22,17(41,42)43)12(27,28)5(48)14(32,33)34/h2,45H. The first-order valence-corrected chi connectivity index (χ1v) is 10.1. The molecule has 0 aromatic heterocycles. The van der Waals surface area contributed by atoms with Crippen LogP contribution < -0.4 is 0 Å². The second-order valence-electron chi connectivity index (χ2n) is 8.57. The number of carbonyl (C=O) groups excluding carboxylic acids is 4. The first-order valence-electron chi connectivity index (χ1n) is 10.1. The Morgan fingerprint density at radius 3 is 0.750 bits per heavy atom. The van der Waals surface area contributed by atoms with Crippen LogP contribution in [-0.2, 0) is 19.2 Å². The van der Waals surface area contributed by atoms with Crippen molar-refractivity contribution in [2.75, 3.05) is 0 Å². The molecule has 0 amide bonds. The zero-order chi connectivity index (χ0) is 39.9. The van der Waals surface area contributed by atoms with Gasteiger partial charge >= 0.3 is 77.4 Å². The maximum absolute atomic E-state index is 14.7. The van der Waals surface area contributed by atoms with Crippen molar-refractivity contribution in [3.63, 3.8) is 0 Å². The summed E-state index contributed by atoms with van der Waals surface area (Å²) >= 11 is 0. The molecule has 0 saturated heterocycles. The number of alkyl halides is 26. The zero-order valence-electron chi connectivity index (χ0n) is 20.5. The van der Waals surface area contributed by atoms with Crippen LogP contribution in [0.15, 0.2) is 0 Å². The molecular formula is C17H2F26O5. The molecule has 31 heteroatoms. The lowest BCUT2D eigenvalue weighted by Gasteiger charge is -2.42. The number of hydrogen-bond donors (Lipinski definition) is 1. The van der Waals surface area contributed by atoms with E-state index in [4.69, 9.17) is 5.11 Å². The van der Waals surface area contributed by atoms with Crippen molar-refractivity contribution < 1.29 is 138 Å². The number of carbonyl (C=O) groups is 4. The molecule has 48 heavy (non-hydrogen) atoms.